The zero-order chi connectivity index (χ0) is 12.3. The van der Waals surface area contributed by atoms with E-state index in [0.29, 0.717) is 10.6 Å². The number of aromatic hydroxyl groups is 1. The van der Waals surface area contributed by atoms with Crippen molar-refractivity contribution < 1.29 is 5.11 Å². The van der Waals surface area contributed by atoms with E-state index in [9.17, 15) is 5.11 Å². The third-order valence-corrected chi connectivity index (χ3v) is 2.17. The summed E-state index contributed by atoms with van der Waals surface area (Å²) in [6.07, 6.45) is 2.73. The van der Waals surface area contributed by atoms with Gasteiger partial charge in [0.2, 0.25) is 0 Å². The van der Waals surface area contributed by atoms with E-state index < -0.39 is 0 Å². The van der Waals surface area contributed by atoms with Crippen LogP contribution in [0.2, 0.25) is 5.02 Å². The van der Waals surface area contributed by atoms with Crippen molar-refractivity contribution in [2.75, 3.05) is 11.3 Å². The fourth-order valence-electron chi connectivity index (χ4n) is 1.11. The van der Waals surface area contributed by atoms with Crippen LogP contribution in [0.25, 0.3) is 0 Å². The van der Waals surface area contributed by atoms with Crippen LogP contribution < -0.4 is 11.3 Å². The Hall–Kier alpha value is -1.70. The Morgan fingerprint density at radius 1 is 1.42 bits per heavy atom. The van der Waals surface area contributed by atoms with Gasteiger partial charge in [0.05, 0.1) is 6.21 Å². The maximum absolute atomic E-state index is 9.51. The van der Waals surface area contributed by atoms with E-state index in [2.05, 4.69) is 20.7 Å². The monoisotopic (exact) mass is 324 g/mol. The molecule has 1 heterocycles. The van der Waals surface area contributed by atoms with E-state index in [1.54, 1.807) is 12.1 Å². The lowest BCUT2D eigenvalue weighted by Gasteiger charge is -2.00. The minimum atomic E-state index is 0. The van der Waals surface area contributed by atoms with Crippen molar-refractivity contribution in [3.8, 4) is 5.75 Å². The lowest BCUT2D eigenvalue weighted by molar-refractivity contribution is 0.474. The highest BCUT2D eigenvalue weighted by molar-refractivity contribution is 6.30. The van der Waals surface area contributed by atoms with Gasteiger partial charge in [0, 0.05) is 10.6 Å². The molecule has 0 spiro atoms. The number of nitrogens with one attached hydrogen (secondary N) is 1. The van der Waals surface area contributed by atoms with E-state index in [0.717, 1.165) is 0 Å². The molecular formula is C9H11Cl3N6O. The minimum Gasteiger partial charge on any atom is -0.507 e. The first kappa shape index (κ1) is 17.3. The summed E-state index contributed by atoms with van der Waals surface area (Å²) >= 11 is 5.78. The number of nitrogens with zero attached hydrogens (tertiary/aromatic N) is 4. The van der Waals surface area contributed by atoms with Crippen LogP contribution in [0.1, 0.15) is 5.56 Å². The van der Waals surface area contributed by atoms with Crippen LogP contribution >= 0.6 is 36.4 Å². The number of hydrazone groups is 1. The zero-order valence-corrected chi connectivity index (χ0v) is 11.8. The number of nitrogen functional groups attached to an aromatic ring is 1. The lowest BCUT2D eigenvalue weighted by atomic mass is 10.2. The van der Waals surface area contributed by atoms with E-state index in [-0.39, 0.29) is 36.5 Å². The topological polar surface area (TPSA) is 101 Å². The molecule has 7 nitrogen and oxygen atoms in total. The molecular weight excluding hydrogens is 314 g/mol. The molecule has 0 fully saturated rings. The second-order valence-corrected chi connectivity index (χ2v) is 3.57. The van der Waals surface area contributed by atoms with Gasteiger partial charge in [-0.25, -0.2) is 10.1 Å². The second-order valence-electron chi connectivity index (χ2n) is 3.13. The van der Waals surface area contributed by atoms with Gasteiger partial charge in [-0.3, -0.25) is 0 Å². The molecule has 4 N–H and O–H groups in total. The van der Waals surface area contributed by atoms with Gasteiger partial charge in [0.25, 0.3) is 5.95 Å². The number of benzene rings is 1. The average Bonchev–Trinajstić information content (AvgIpc) is 2.70. The van der Waals surface area contributed by atoms with Gasteiger partial charge < -0.3 is 10.9 Å². The standard InChI is InChI=1S/C9H9ClN6O.2ClH/c10-7-1-2-8(17)6(3-7)4-12-14-9-15-13-5-16(9)11;;/h1-5,17H,11H2,(H,14,15);2*1H/b12-4+;;. The van der Waals surface area contributed by atoms with Gasteiger partial charge >= 0.3 is 0 Å². The number of hydrogen-bond donors (Lipinski definition) is 3. The number of phenols is 1. The molecule has 2 aromatic rings. The highest BCUT2D eigenvalue weighted by Gasteiger charge is 2.00. The highest BCUT2D eigenvalue weighted by atomic mass is 35.5. The summed E-state index contributed by atoms with van der Waals surface area (Å²) in [4.78, 5) is 0. The third-order valence-electron chi connectivity index (χ3n) is 1.93. The molecule has 2 rings (SSSR count). The third kappa shape index (κ3) is 4.47. The molecule has 0 aliphatic carbocycles. The van der Waals surface area contributed by atoms with E-state index in [1.807, 2.05) is 0 Å². The molecule has 0 aliphatic rings. The van der Waals surface area contributed by atoms with Crippen LogP contribution in [-0.2, 0) is 0 Å². The number of rotatable bonds is 3. The Bertz CT molecular complexity index is 559. The van der Waals surface area contributed by atoms with Crippen molar-refractivity contribution >= 4 is 48.6 Å². The molecule has 0 aliphatic heterocycles. The Labute approximate surface area is 126 Å². The number of hydrogen-bond acceptors (Lipinski definition) is 6. The molecule has 0 unspecified atom stereocenters. The molecule has 0 saturated heterocycles. The summed E-state index contributed by atoms with van der Waals surface area (Å²) in [5.74, 6) is 5.82. The highest BCUT2D eigenvalue weighted by Crippen LogP contribution is 2.19. The molecule has 0 atom stereocenters. The quantitative estimate of drug-likeness (QED) is 0.452. The van der Waals surface area contributed by atoms with Gasteiger partial charge in [-0.05, 0) is 18.2 Å². The lowest BCUT2D eigenvalue weighted by Crippen LogP contribution is -2.10. The van der Waals surface area contributed by atoms with Crippen molar-refractivity contribution in [2.24, 2.45) is 5.10 Å². The first-order chi connectivity index (χ1) is 8.16. The molecule has 1 aromatic carbocycles. The fraction of sp³-hybridized carbons (Fsp3) is 0. The maximum Gasteiger partial charge on any atom is 0.263 e. The SMILES string of the molecule is Cl.Cl.Nn1cnnc1N/N=C/c1cc(Cl)ccc1O. The van der Waals surface area contributed by atoms with Crippen LogP contribution in [0.4, 0.5) is 5.95 Å². The molecule has 1 aromatic heterocycles. The summed E-state index contributed by atoms with van der Waals surface area (Å²) in [5, 5.41) is 21.1. The predicted octanol–water partition coefficient (Wildman–Crippen LogP) is 1.64. The first-order valence-corrected chi connectivity index (χ1v) is 4.97. The van der Waals surface area contributed by atoms with Gasteiger partial charge in [0.15, 0.2) is 0 Å². The number of aromatic nitrogens is 3. The predicted molar refractivity (Wildman–Crippen MR) is 79.0 cm³/mol. The van der Waals surface area contributed by atoms with Crippen LogP contribution in [0.3, 0.4) is 0 Å². The Morgan fingerprint density at radius 3 is 2.79 bits per heavy atom. The van der Waals surface area contributed by atoms with Crippen molar-refractivity contribution in [3.05, 3.63) is 35.1 Å². The summed E-state index contributed by atoms with van der Waals surface area (Å²) in [7, 11) is 0. The molecule has 104 valence electrons. The number of halogens is 3. The van der Waals surface area contributed by atoms with E-state index in [1.165, 1.54) is 23.3 Å². The Kier molecular flexibility index (Phi) is 6.99. The Balaban J connectivity index is 0.00000162. The van der Waals surface area contributed by atoms with Crippen molar-refractivity contribution in [3.63, 3.8) is 0 Å². The van der Waals surface area contributed by atoms with Crippen LogP contribution in [0, 0.1) is 0 Å². The van der Waals surface area contributed by atoms with Gasteiger partial charge in [-0.2, -0.15) is 5.10 Å². The number of nitrogens with two attached hydrogens (primary N) is 1. The molecule has 0 saturated carbocycles. The van der Waals surface area contributed by atoms with Crippen molar-refractivity contribution in [1.29, 1.82) is 0 Å². The van der Waals surface area contributed by atoms with Crippen LogP contribution in [0.15, 0.2) is 29.6 Å². The molecule has 0 radical (unpaired) electrons. The van der Waals surface area contributed by atoms with Crippen molar-refractivity contribution in [1.82, 2.24) is 14.9 Å². The smallest absolute Gasteiger partial charge is 0.263 e. The summed E-state index contributed by atoms with van der Waals surface area (Å²) in [6, 6.07) is 4.64. The van der Waals surface area contributed by atoms with Gasteiger partial charge in [-0.15, -0.1) is 35.0 Å². The Morgan fingerprint density at radius 2 is 2.16 bits per heavy atom. The molecule has 19 heavy (non-hydrogen) atoms. The zero-order valence-electron chi connectivity index (χ0n) is 9.39. The molecule has 0 bridgehead atoms. The summed E-state index contributed by atoms with van der Waals surface area (Å²) < 4.78 is 1.18. The van der Waals surface area contributed by atoms with Crippen molar-refractivity contribution in [2.45, 2.75) is 0 Å². The summed E-state index contributed by atoms with van der Waals surface area (Å²) in [5.41, 5.74) is 3.05. The molecule has 10 heteroatoms. The maximum atomic E-state index is 9.51. The van der Waals surface area contributed by atoms with E-state index in [4.69, 9.17) is 17.4 Å². The number of phenolic OH excluding ortho intramolecular Hbond substituents is 1. The van der Waals surface area contributed by atoms with Crippen LogP contribution in [-0.4, -0.2) is 26.2 Å². The normalized spacial score (nSPS) is 9.74. The second kappa shape index (κ2) is 7.67. The van der Waals surface area contributed by atoms with Gasteiger partial charge in [-0.1, -0.05) is 11.6 Å². The average molecular weight is 326 g/mol. The first-order valence-electron chi connectivity index (χ1n) is 4.59. The van der Waals surface area contributed by atoms with Crippen LogP contribution in [0.5, 0.6) is 5.75 Å². The summed E-state index contributed by atoms with van der Waals surface area (Å²) in [6.45, 7) is 0. The fourth-order valence-corrected chi connectivity index (χ4v) is 1.29. The largest absolute Gasteiger partial charge is 0.507 e. The molecule has 0 amide bonds. The van der Waals surface area contributed by atoms with E-state index >= 15 is 0 Å². The minimum absolute atomic E-state index is 0. The number of anilines is 1. The van der Waals surface area contributed by atoms with Gasteiger partial charge in [0.1, 0.15) is 12.1 Å².